The molecule has 0 saturated carbocycles. The molecule has 1 fully saturated rings. The predicted octanol–water partition coefficient (Wildman–Crippen LogP) is 4.50. The molecule has 0 N–H and O–H groups in total. The molecule has 0 unspecified atom stereocenters. The van der Waals surface area contributed by atoms with Gasteiger partial charge in [0.05, 0.1) is 30.5 Å². The zero-order valence-electron chi connectivity index (χ0n) is 16.2. The van der Waals surface area contributed by atoms with Crippen LogP contribution in [-0.4, -0.2) is 41.7 Å². The smallest absolute Gasteiger partial charge is 0.266 e. The van der Waals surface area contributed by atoms with Gasteiger partial charge in [-0.2, -0.15) is 0 Å². The van der Waals surface area contributed by atoms with Crippen molar-refractivity contribution in [1.82, 2.24) is 9.88 Å². The Hall–Kier alpha value is -2.80. The predicted molar refractivity (Wildman–Crippen MR) is 113 cm³/mol. The molecule has 0 atom stereocenters. The van der Waals surface area contributed by atoms with Crippen molar-refractivity contribution in [2.75, 3.05) is 20.8 Å². The molecule has 0 bridgehead atoms. The second-order valence-corrected chi connectivity index (χ2v) is 7.20. The van der Waals surface area contributed by atoms with Crippen LogP contribution in [0.3, 0.4) is 0 Å². The molecule has 0 spiro atoms. The van der Waals surface area contributed by atoms with Crippen LogP contribution in [-0.2, 0) is 4.79 Å². The third-order valence-corrected chi connectivity index (χ3v) is 5.18. The topological polar surface area (TPSA) is 64.0 Å². The number of nitrogens with zero attached hydrogens (tertiary/aromatic N) is 3. The number of ether oxygens (including phenoxy) is 2. The van der Waals surface area contributed by atoms with Crippen LogP contribution in [0.5, 0.6) is 11.5 Å². The van der Waals surface area contributed by atoms with E-state index in [9.17, 15) is 4.79 Å². The van der Waals surface area contributed by atoms with Gasteiger partial charge < -0.3 is 9.47 Å². The van der Waals surface area contributed by atoms with E-state index in [2.05, 4.69) is 16.9 Å². The number of amides is 1. The van der Waals surface area contributed by atoms with Gasteiger partial charge in [0, 0.05) is 13.2 Å². The van der Waals surface area contributed by atoms with E-state index in [1.54, 1.807) is 31.5 Å². The number of carbonyl (C=O) groups excluding carboxylic acids is 1. The van der Waals surface area contributed by atoms with Gasteiger partial charge in [-0.15, -0.1) is 0 Å². The van der Waals surface area contributed by atoms with Crippen molar-refractivity contribution in [3.8, 4) is 11.5 Å². The summed E-state index contributed by atoms with van der Waals surface area (Å²) in [4.78, 5) is 23.3. The van der Waals surface area contributed by atoms with Crippen LogP contribution < -0.4 is 9.47 Å². The first-order valence-electron chi connectivity index (χ1n) is 9.09. The van der Waals surface area contributed by atoms with Crippen molar-refractivity contribution in [3.63, 3.8) is 0 Å². The SMILES string of the molecule is CCCCOc1ccc(/C=C2\SC(=Nc3cccnc3)N(C)C2=O)cc1OC. The van der Waals surface area contributed by atoms with E-state index >= 15 is 0 Å². The molecule has 28 heavy (non-hydrogen) atoms. The zero-order chi connectivity index (χ0) is 19.9. The summed E-state index contributed by atoms with van der Waals surface area (Å²) in [6.45, 7) is 2.77. The number of thioether (sulfide) groups is 1. The van der Waals surface area contributed by atoms with E-state index in [-0.39, 0.29) is 5.91 Å². The lowest BCUT2D eigenvalue weighted by atomic mass is 10.2. The molecule has 1 aromatic carbocycles. The van der Waals surface area contributed by atoms with Crippen LogP contribution in [0, 0.1) is 0 Å². The summed E-state index contributed by atoms with van der Waals surface area (Å²) in [5, 5.41) is 0.621. The quantitative estimate of drug-likeness (QED) is 0.508. The third kappa shape index (κ3) is 4.72. The zero-order valence-corrected chi connectivity index (χ0v) is 17.0. The second-order valence-electron chi connectivity index (χ2n) is 6.19. The molecule has 1 aliphatic heterocycles. The van der Waals surface area contributed by atoms with Gasteiger partial charge in [-0.1, -0.05) is 19.4 Å². The Morgan fingerprint density at radius 1 is 1.29 bits per heavy atom. The van der Waals surface area contributed by atoms with E-state index in [1.807, 2.05) is 36.4 Å². The van der Waals surface area contributed by atoms with Gasteiger partial charge in [0.25, 0.3) is 5.91 Å². The molecule has 1 aliphatic rings. The van der Waals surface area contributed by atoms with Gasteiger partial charge in [-0.3, -0.25) is 14.7 Å². The van der Waals surface area contributed by atoms with Crippen molar-refractivity contribution < 1.29 is 14.3 Å². The monoisotopic (exact) mass is 397 g/mol. The Bertz CT molecular complexity index is 897. The Labute approximate surface area is 169 Å². The largest absolute Gasteiger partial charge is 0.493 e. The summed E-state index contributed by atoms with van der Waals surface area (Å²) < 4.78 is 11.2. The third-order valence-electron chi connectivity index (χ3n) is 4.12. The van der Waals surface area contributed by atoms with Crippen molar-refractivity contribution in [1.29, 1.82) is 0 Å². The Balaban J connectivity index is 1.81. The van der Waals surface area contributed by atoms with Crippen LogP contribution in [0.4, 0.5) is 5.69 Å². The number of carbonyl (C=O) groups is 1. The van der Waals surface area contributed by atoms with Gasteiger partial charge >= 0.3 is 0 Å². The number of amidine groups is 1. The molecule has 6 nitrogen and oxygen atoms in total. The summed E-state index contributed by atoms with van der Waals surface area (Å²) >= 11 is 1.34. The van der Waals surface area contributed by atoms with Gasteiger partial charge in [0.2, 0.25) is 0 Å². The van der Waals surface area contributed by atoms with Crippen LogP contribution in [0.2, 0.25) is 0 Å². The number of benzene rings is 1. The fourth-order valence-electron chi connectivity index (χ4n) is 2.55. The van der Waals surface area contributed by atoms with Crippen LogP contribution in [0.15, 0.2) is 52.6 Å². The number of methoxy groups -OCH3 is 1. The Kier molecular flexibility index (Phi) is 6.71. The Morgan fingerprint density at radius 2 is 2.14 bits per heavy atom. The van der Waals surface area contributed by atoms with Crippen molar-refractivity contribution in [2.24, 2.45) is 4.99 Å². The molecule has 0 radical (unpaired) electrons. The second kappa shape index (κ2) is 9.41. The van der Waals surface area contributed by atoms with E-state index < -0.39 is 0 Å². The Morgan fingerprint density at radius 3 is 2.86 bits per heavy atom. The van der Waals surface area contributed by atoms with Gasteiger partial charge in [-0.25, -0.2) is 4.99 Å². The van der Waals surface area contributed by atoms with E-state index in [0.717, 1.165) is 18.4 Å². The van der Waals surface area contributed by atoms with E-state index in [0.29, 0.717) is 33.9 Å². The van der Waals surface area contributed by atoms with E-state index in [4.69, 9.17) is 9.47 Å². The maximum Gasteiger partial charge on any atom is 0.266 e. The standard InChI is InChI=1S/C21H23N3O3S/c1-4-5-11-27-17-9-8-15(12-18(17)26-3)13-19-20(25)24(2)21(28-19)23-16-7-6-10-22-14-16/h6-10,12-14H,4-5,11H2,1-3H3/b19-13-,23-21?. The van der Waals surface area contributed by atoms with Gasteiger partial charge in [-0.05, 0) is 54.1 Å². The maximum absolute atomic E-state index is 12.6. The lowest BCUT2D eigenvalue weighted by Gasteiger charge is -2.11. The number of pyridine rings is 1. The maximum atomic E-state index is 12.6. The summed E-state index contributed by atoms with van der Waals surface area (Å²) in [6.07, 6.45) is 7.26. The minimum Gasteiger partial charge on any atom is -0.493 e. The molecule has 1 saturated heterocycles. The molecule has 7 heteroatoms. The van der Waals surface area contributed by atoms with E-state index in [1.165, 1.54) is 11.8 Å². The van der Waals surface area contributed by atoms with Crippen molar-refractivity contribution in [3.05, 3.63) is 53.2 Å². The summed E-state index contributed by atoms with van der Waals surface area (Å²) in [6, 6.07) is 9.33. The molecule has 2 aromatic rings. The summed E-state index contributed by atoms with van der Waals surface area (Å²) in [7, 11) is 3.33. The number of likely N-dealkylation sites (N-methyl/N-ethyl adjacent to an activating group) is 1. The molecule has 1 aromatic heterocycles. The first-order valence-corrected chi connectivity index (χ1v) is 9.91. The van der Waals surface area contributed by atoms with Gasteiger partial charge in [0.1, 0.15) is 0 Å². The number of unbranched alkanes of at least 4 members (excludes halogenated alkanes) is 1. The lowest BCUT2D eigenvalue weighted by molar-refractivity contribution is -0.121. The molecule has 0 aliphatic carbocycles. The number of aliphatic imine (C=N–C) groups is 1. The highest BCUT2D eigenvalue weighted by Crippen LogP contribution is 2.35. The molecule has 3 rings (SSSR count). The molecule has 2 heterocycles. The highest BCUT2D eigenvalue weighted by molar-refractivity contribution is 8.18. The van der Waals surface area contributed by atoms with Crippen LogP contribution >= 0.6 is 11.8 Å². The minimum absolute atomic E-state index is 0.0881. The molecular weight excluding hydrogens is 374 g/mol. The highest BCUT2D eigenvalue weighted by atomic mass is 32.2. The fourth-order valence-corrected chi connectivity index (χ4v) is 3.54. The van der Waals surface area contributed by atoms with Gasteiger partial charge in [0.15, 0.2) is 16.7 Å². The lowest BCUT2D eigenvalue weighted by Crippen LogP contribution is -2.23. The fraction of sp³-hybridized carbons (Fsp3) is 0.286. The molecule has 1 amide bonds. The normalized spacial score (nSPS) is 16.8. The molecule has 146 valence electrons. The number of hydrogen-bond acceptors (Lipinski definition) is 6. The van der Waals surface area contributed by atoms with Crippen LogP contribution in [0.25, 0.3) is 6.08 Å². The number of aromatic nitrogens is 1. The van der Waals surface area contributed by atoms with Crippen LogP contribution in [0.1, 0.15) is 25.3 Å². The first kappa shape index (κ1) is 19.9. The average molecular weight is 398 g/mol. The number of hydrogen-bond donors (Lipinski definition) is 0. The minimum atomic E-state index is -0.0881. The molecular formula is C21H23N3O3S. The number of rotatable bonds is 7. The van der Waals surface area contributed by atoms with Crippen molar-refractivity contribution in [2.45, 2.75) is 19.8 Å². The first-order chi connectivity index (χ1) is 13.6. The summed E-state index contributed by atoms with van der Waals surface area (Å²) in [5.41, 5.74) is 1.58. The average Bonchev–Trinajstić information content (AvgIpc) is 2.97. The summed E-state index contributed by atoms with van der Waals surface area (Å²) in [5.74, 6) is 1.27. The van der Waals surface area contributed by atoms with Crippen molar-refractivity contribution >= 4 is 34.6 Å². The highest BCUT2D eigenvalue weighted by Gasteiger charge is 2.30.